The number of benzene rings is 1. The lowest BCUT2D eigenvalue weighted by Gasteiger charge is -2.09. The SMILES string of the molecule is N#Cc1ccc(COC(=O)c2c(NC(=O)c3ccco3)sc3c2CCC3)cc1. The smallest absolute Gasteiger partial charge is 0.341 e. The second kappa shape index (κ2) is 7.71. The van der Waals surface area contributed by atoms with Crippen LogP contribution in [0.1, 0.15) is 48.9 Å². The summed E-state index contributed by atoms with van der Waals surface area (Å²) < 4.78 is 10.6. The molecule has 1 N–H and O–H groups in total. The van der Waals surface area contributed by atoms with Gasteiger partial charge in [0, 0.05) is 4.88 Å². The van der Waals surface area contributed by atoms with Gasteiger partial charge >= 0.3 is 5.97 Å². The summed E-state index contributed by atoms with van der Waals surface area (Å²) in [5, 5.41) is 12.1. The molecule has 6 nitrogen and oxygen atoms in total. The van der Waals surface area contributed by atoms with Crippen molar-refractivity contribution in [3.8, 4) is 6.07 Å². The summed E-state index contributed by atoms with van der Waals surface area (Å²) in [6.07, 6.45) is 4.11. The molecule has 3 aromatic rings. The highest BCUT2D eigenvalue weighted by Gasteiger charge is 2.29. The zero-order valence-electron chi connectivity index (χ0n) is 14.9. The van der Waals surface area contributed by atoms with Crippen LogP contribution in [-0.2, 0) is 24.2 Å². The number of esters is 1. The van der Waals surface area contributed by atoms with E-state index in [0.29, 0.717) is 16.1 Å². The van der Waals surface area contributed by atoms with Crippen LogP contribution in [0.3, 0.4) is 0 Å². The Morgan fingerprint density at radius 2 is 2.04 bits per heavy atom. The van der Waals surface area contributed by atoms with Crippen LogP contribution in [0, 0.1) is 11.3 Å². The molecule has 0 aliphatic heterocycles. The first-order valence-electron chi connectivity index (χ1n) is 8.81. The van der Waals surface area contributed by atoms with Crippen molar-refractivity contribution in [2.45, 2.75) is 25.9 Å². The quantitative estimate of drug-likeness (QED) is 0.653. The Morgan fingerprint density at radius 3 is 2.75 bits per heavy atom. The van der Waals surface area contributed by atoms with Gasteiger partial charge in [-0.15, -0.1) is 11.3 Å². The van der Waals surface area contributed by atoms with E-state index in [2.05, 4.69) is 11.4 Å². The van der Waals surface area contributed by atoms with Crippen LogP contribution < -0.4 is 5.32 Å². The fraction of sp³-hybridized carbons (Fsp3) is 0.190. The molecule has 4 rings (SSSR count). The number of ether oxygens (including phenoxy) is 1. The minimum absolute atomic E-state index is 0.0979. The van der Waals surface area contributed by atoms with E-state index in [9.17, 15) is 9.59 Å². The van der Waals surface area contributed by atoms with E-state index < -0.39 is 11.9 Å². The van der Waals surface area contributed by atoms with Crippen LogP contribution >= 0.6 is 11.3 Å². The van der Waals surface area contributed by atoms with Gasteiger partial charge in [-0.25, -0.2) is 4.79 Å². The van der Waals surface area contributed by atoms with Gasteiger partial charge in [0.2, 0.25) is 0 Å². The Morgan fingerprint density at radius 1 is 1.21 bits per heavy atom. The molecule has 28 heavy (non-hydrogen) atoms. The molecule has 1 aliphatic carbocycles. The van der Waals surface area contributed by atoms with E-state index in [4.69, 9.17) is 14.4 Å². The highest BCUT2D eigenvalue weighted by molar-refractivity contribution is 7.17. The summed E-state index contributed by atoms with van der Waals surface area (Å²) >= 11 is 1.42. The first kappa shape index (κ1) is 18.0. The van der Waals surface area contributed by atoms with Crippen molar-refractivity contribution in [2.24, 2.45) is 0 Å². The number of hydrogen-bond donors (Lipinski definition) is 1. The molecule has 0 bridgehead atoms. The number of nitriles is 1. The van der Waals surface area contributed by atoms with Gasteiger partial charge in [0.05, 0.1) is 23.5 Å². The van der Waals surface area contributed by atoms with Gasteiger partial charge in [-0.2, -0.15) is 5.26 Å². The summed E-state index contributed by atoms with van der Waals surface area (Å²) in [4.78, 5) is 26.3. The van der Waals surface area contributed by atoms with Crippen molar-refractivity contribution in [3.05, 3.63) is 75.6 Å². The van der Waals surface area contributed by atoms with E-state index in [1.54, 1.807) is 36.4 Å². The molecule has 0 unspecified atom stereocenters. The molecule has 1 aromatic carbocycles. The lowest BCUT2D eigenvalue weighted by atomic mass is 10.1. The lowest BCUT2D eigenvalue weighted by Crippen LogP contribution is -2.14. The van der Waals surface area contributed by atoms with Crippen LogP contribution in [-0.4, -0.2) is 11.9 Å². The molecule has 1 amide bonds. The molecule has 0 atom stereocenters. The molecule has 0 saturated heterocycles. The second-order valence-corrected chi connectivity index (χ2v) is 7.48. The molecule has 0 radical (unpaired) electrons. The fourth-order valence-electron chi connectivity index (χ4n) is 3.18. The van der Waals surface area contributed by atoms with E-state index in [-0.39, 0.29) is 12.4 Å². The van der Waals surface area contributed by atoms with Crippen LogP contribution in [0.25, 0.3) is 0 Å². The highest BCUT2D eigenvalue weighted by Crippen LogP contribution is 2.39. The third-order valence-electron chi connectivity index (χ3n) is 4.55. The van der Waals surface area contributed by atoms with E-state index in [0.717, 1.165) is 35.3 Å². The number of nitrogens with one attached hydrogen (secondary N) is 1. The second-order valence-electron chi connectivity index (χ2n) is 6.38. The number of aryl methyl sites for hydroxylation is 1. The Balaban J connectivity index is 1.53. The molecule has 140 valence electrons. The van der Waals surface area contributed by atoms with Crippen molar-refractivity contribution in [1.82, 2.24) is 0 Å². The number of carbonyl (C=O) groups is 2. The minimum Gasteiger partial charge on any atom is -0.459 e. The number of amides is 1. The standard InChI is InChI=1S/C21H16N2O4S/c22-11-13-6-8-14(9-7-13)12-27-21(25)18-15-3-1-5-17(15)28-20(18)23-19(24)16-4-2-10-26-16/h2,4,6-10H,1,3,5,12H2,(H,23,24). The van der Waals surface area contributed by atoms with Gasteiger partial charge < -0.3 is 14.5 Å². The maximum absolute atomic E-state index is 12.8. The zero-order valence-corrected chi connectivity index (χ0v) is 15.7. The van der Waals surface area contributed by atoms with E-state index in [1.807, 2.05) is 0 Å². The molecule has 1 aliphatic rings. The maximum Gasteiger partial charge on any atom is 0.341 e. The van der Waals surface area contributed by atoms with Crippen molar-refractivity contribution in [2.75, 3.05) is 5.32 Å². The first-order valence-corrected chi connectivity index (χ1v) is 9.63. The number of rotatable bonds is 5. The molecular weight excluding hydrogens is 376 g/mol. The number of anilines is 1. The molecule has 0 fully saturated rings. The number of fused-ring (bicyclic) bond motifs is 1. The monoisotopic (exact) mass is 392 g/mol. The normalized spacial score (nSPS) is 12.2. The minimum atomic E-state index is -0.460. The number of nitrogens with zero attached hydrogens (tertiary/aromatic N) is 1. The number of furan rings is 1. The lowest BCUT2D eigenvalue weighted by molar-refractivity contribution is 0.0473. The Labute approximate surface area is 165 Å². The summed E-state index contributed by atoms with van der Waals surface area (Å²) in [6.45, 7) is 0.0979. The topological polar surface area (TPSA) is 92.3 Å². The van der Waals surface area contributed by atoms with Crippen molar-refractivity contribution < 1.29 is 18.7 Å². The molecule has 2 heterocycles. The number of carbonyl (C=O) groups excluding carboxylic acids is 2. The van der Waals surface area contributed by atoms with Crippen LogP contribution in [0.5, 0.6) is 0 Å². The predicted octanol–water partition coefficient (Wildman–Crippen LogP) is 4.31. The van der Waals surface area contributed by atoms with Gasteiger partial charge in [-0.1, -0.05) is 12.1 Å². The van der Waals surface area contributed by atoms with Crippen molar-refractivity contribution >= 4 is 28.2 Å². The van der Waals surface area contributed by atoms with Crippen LogP contribution in [0.15, 0.2) is 47.1 Å². The first-order chi connectivity index (χ1) is 13.7. The molecule has 2 aromatic heterocycles. The Bertz CT molecular complexity index is 1060. The van der Waals surface area contributed by atoms with Gasteiger partial charge in [-0.3, -0.25) is 4.79 Å². The average Bonchev–Trinajstić information content (AvgIpc) is 3.44. The van der Waals surface area contributed by atoms with Crippen LogP contribution in [0.2, 0.25) is 0 Å². The zero-order chi connectivity index (χ0) is 19.5. The van der Waals surface area contributed by atoms with Crippen molar-refractivity contribution in [3.63, 3.8) is 0 Å². The largest absolute Gasteiger partial charge is 0.459 e. The van der Waals surface area contributed by atoms with E-state index >= 15 is 0 Å². The van der Waals surface area contributed by atoms with E-state index in [1.165, 1.54) is 17.6 Å². The average molecular weight is 392 g/mol. The van der Waals surface area contributed by atoms with Gasteiger partial charge in [-0.05, 0) is 54.7 Å². The molecule has 7 heteroatoms. The third kappa shape index (κ3) is 3.55. The van der Waals surface area contributed by atoms with Crippen molar-refractivity contribution in [1.29, 1.82) is 5.26 Å². The third-order valence-corrected chi connectivity index (χ3v) is 5.76. The summed E-state index contributed by atoms with van der Waals surface area (Å²) in [7, 11) is 0. The molecule has 0 saturated carbocycles. The van der Waals surface area contributed by atoms with Gasteiger partial charge in [0.1, 0.15) is 11.6 Å². The summed E-state index contributed by atoms with van der Waals surface area (Å²) in [5.41, 5.74) is 2.74. The van der Waals surface area contributed by atoms with Gasteiger partial charge in [0.25, 0.3) is 5.91 Å². The number of thiophene rings is 1. The molecule has 0 spiro atoms. The summed E-state index contributed by atoms with van der Waals surface area (Å²) in [5.74, 6) is -0.671. The Hall–Kier alpha value is -3.37. The number of hydrogen-bond acceptors (Lipinski definition) is 6. The van der Waals surface area contributed by atoms with Gasteiger partial charge in [0.15, 0.2) is 5.76 Å². The summed E-state index contributed by atoms with van der Waals surface area (Å²) in [6, 6.07) is 12.1. The maximum atomic E-state index is 12.8. The fourth-order valence-corrected chi connectivity index (χ4v) is 4.45. The predicted molar refractivity (Wildman–Crippen MR) is 103 cm³/mol. The molecular formula is C21H16N2O4S. The highest BCUT2D eigenvalue weighted by atomic mass is 32.1. The van der Waals surface area contributed by atoms with Crippen LogP contribution in [0.4, 0.5) is 5.00 Å². The Kier molecular flexibility index (Phi) is 4.96.